The summed E-state index contributed by atoms with van der Waals surface area (Å²) in [5, 5.41) is 3.00. The maximum Gasteiger partial charge on any atom is 0.465 e. The number of ether oxygens (including phenoxy) is 2. The topological polar surface area (TPSA) is 144 Å². The molecule has 37 heavy (non-hydrogen) atoms. The monoisotopic (exact) mass is 578 g/mol. The van der Waals surface area contributed by atoms with Crippen molar-refractivity contribution in [1.29, 1.82) is 0 Å². The lowest BCUT2D eigenvalue weighted by atomic mass is 9.64. The van der Waals surface area contributed by atoms with Gasteiger partial charge in [0, 0.05) is 0 Å². The van der Waals surface area contributed by atoms with Crippen molar-refractivity contribution in [2.24, 2.45) is 11.8 Å². The summed E-state index contributed by atoms with van der Waals surface area (Å²) >= 11 is 0. The molecule has 2 aliphatic rings. The molecule has 9 nitrogen and oxygen atoms in total. The van der Waals surface area contributed by atoms with Crippen LogP contribution in [-0.2, 0) is 34.0 Å². The molecule has 0 aromatic heterocycles. The Morgan fingerprint density at radius 1 is 0.946 bits per heavy atom. The molecule has 0 spiro atoms. The Morgan fingerprint density at radius 3 is 2.08 bits per heavy atom. The first-order chi connectivity index (χ1) is 16.6. The zero-order valence-electron chi connectivity index (χ0n) is 18.7. The van der Waals surface area contributed by atoms with Crippen molar-refractivity contribution in [2.75, 3.05) is 6.61 Å². The van der Waals surface area contributed by atoms with Crippen LogP contribution in [0.25, 0.3) is 0 Å². The van der Waals surface area contributed by atoms with E-state index in [1.54, 1.807) is 0 Å². The number of carbonyl (C=O) groups is 3. The number of rotatable bonds is 11. The van der Waals surface area contributed by atoms with E-state index in [9.17, 15) is 57.9 Å². The van der Waals surface area contributed by atoms with Crippen molar-refractivity contribution in [3.63, 3.8) is 0 Å². The van der Waals surface area contributed by atoms with Crippen LogP contribution in [0.3, 0.4) is 0 Å². The second kappa shape index (κ2) is 10.1. The van der Waals surface area contributed by atoms with Gasteiger partial charge in [0.1, 0.15) is 5.60 Å². The van der Waals surface area contributed by atoms with Gasteiger partial charge in [-0.05, 0) is 56.8 Å². The van der Waals surface area contributed by atoms with Gasteiger partial charge in [-0.25, -0.2) is 14.4 Å². The second-order valence-electron chi connectivity index (χ2n) is 9.14. The molecule has 18 heteroatoms. The van der Waals surface area contributed by atoms with Crippen molar-refractivity contribution in [3.05, 3.63) is 0 Å². The number of carboxylic acids is 1. The lowest BCUT2D eigenvalue weighted by molar-refractivity contribution is -0.304. The molecule has 0 aromatic rings. The summed E-state index contributed by atoms with van der Waals surface area (Å²) in [4.78, 5) is 33.6. The van der Waals surface area contributed by atoms with E-state index in [0.717, 1.165) is 0 Å². The molecule has 2 fully saturated rings. The maximum atomic E-state index is 14.1. The standard InChI is InChI=1S/C19H22F8O9S/c20-16(21,12(28)29)19(26,27)17(22,23)13(30)36-15-5-1-3-10(8-15)7-11(9-15)4-2-6-35-14(31)18(24,25)37(32,33)34/h10-11H,1-9H2,(H,28,29)(H,32,33,34). The number of halogens is 8. The van der Waals surface area contributed by atoms with E-state index in [2.05, 4.69) is 9.47 Å². The van der Waals surface area contributed by atoms with Crippen LogP contribution in [-0.4, -0.2) is 71.2 Å². The number of aliphatic carboxylic acids is 1. The molecule has 2 bridgehead atoms. The molecule has 0 saturated heterocycles. The molecule has 3 unspecified atom stereocenters. The molecular weight excluding hydrogens is 556 g/mol. The number of fused-ring (bicyclic) bond motifs is 2. The van der Waals surface area contributed by atoms with Crippen LogP contribution in [0.2, 0.25) is 0 Å². The zero-order valence-corrected chi connectivity index (χ0v) is 19.5. The van der Waals surface area contributed by atoms with Gasteiger partial charge in [-0.2, -0.15) is 43.5 Å². The minimum absolute atomic E-state index is 0.0319. The van der Waals surface area contributed by atoms with Gasteiger partial charge < -0.3 is 14.6 Å². The third kappa shape index (κ3) is 5.93. The van der Waals surface area contributed by atoms with Gasteiger partial charge in [0.05, 0.1) is 6.61 Å². The SMILES string of the molecule is O=C(O)C(F)(F)C(F)(F)C(F)(F)C(=O)OC12CCCC(CC(CCCOC(=O)C(F)(F)S(=O)(=O)O)C1)C2. The Labute approximate surface area is 204 Å². The molecule has 214 valence electrons. The summed E-state index contributed by atoms with van der Waals surface area (Å²) in [5.41, 5.74) is -1.77. The molecule has 0 radical (unpaired) electrons. The Balaban J connectivity index is 2.07. The number of esters is 2. The zero-order chi connectivity index (χ0) is 28.7. The number of carbonyl (C=O) groups excluding carboxylic acids is 2. The summed E-state index contributed by atoms with van der Waals surface area (Å²) in [7, 11) is -6.08. The molecular formula is C19H22F8O9S. The Morgan fingerprint density at radius 2 is 1.54 bits per heavy atom. The second-order valence-corrected chi connectivity index (χ2v) is 10.6. The average molecular weight is 578 g/mol. The van der Waals surface area contributed by atoms with Crippen LogP contribution < -0.4 is 0 Å². The minimum Gasteiger partial charge on any atom is -0.477 e. The summed E-state index contributed by atoms with van der Waals surface area (Å²) in [6, 6.07) is 0. The van der Waals surface area contributed by atoms with Gasteiger partial charge in [0.2, 0.25) is 0 Å². The smallest absolute Gasteiger partial charge is 0.465 e. The fraction of sp³-hybridized carbons (Fsp3) is 0.842. The summed E-state index contributed by atoms with van der Waals surface area (Å²) in [5.74, 6) is -29.0. The van der Waals surface area contributed by atoms with Crippen LogP contribution in [0.4, 0.5) is 35.1 Å². The quantitative estimate of drug-likeness (QED) is 0.162. The molecule has 2 rings (SSSR count). The molecule has 0 aromatic carbocycles. The average Bonchev–Trinajstić information content (AvgIpc) is 2.74. The lowest BCUT2D eigenvalue weighted by Crippen LogP contribution is -2.62. The summed E-state index contributed by atoms with van der Waals surface area (Å²) in [6.45, 7) is -0.744. The molecule has 2 N–H and O–H groups in total. The van der Waals surface area contributed by atoms with E-state index >= 15 is 0 Å². The van der Waals surface area contributed by atoms with E-state index in [1.165, 1.54) is 0 Å². The van der Waals surface area contributed by atoms with Crippen LogP contribution in [0.5, 0.6) is 0 Å². The predicted octanol–water partition coefficient (Wildman–Crippen LogP) is 3.66. The van der Waals surface area contributed by atoms with E-state index < -0.39 is 69.2 Å². The van der Waals surface area contributed by atoms with Crippen molar-refractivity contribution < 1.29 is 77.1 Å². The fourth-order valence-corrected chi connectivity index (χ4v) is 4.98. The van der Waals surface area contributed by atoms with Gasteiger partial charge >= 0.3 is 51.0 Å². The molecule has 0 heterocycles. The van der Waals surface area contributed by atoms with Gasteiger partial charge in [0.25, 0.3) is 0 Å². The van der Waals surface area contributed by atoms with E-state index in [0.29, 0.717) is 19.3 Å². The molecule has 2 saturated carbocycles. The summed E-state index contributed by atoms with van der Waals surface area (Å²) < 4.78 is 147. The highest BCUT2D eigenvalue weighted by molar-refractivity contribution is 7.87. The molecule has 2 aliphatic carbocycles. The maximum absolute atomic E-state index is 14.1. The van der Waals surface area contributed by atoms with Gasteiger partial charge in [-0.3, -0.25) is 4.55 Å². The first-order valence-corrected chi connectivity index (χ1v) is 12.2. The normalized spacial score (nSPS) is 25.3. The predicted molar refractivity (Wildman–Crippen MR) is 103 cm³/mol. The molecule has 3 atom stereocenters. The number of carboxylic acid groups (broad SMARTS) is 1. The van der Waals surface area contributed by atoms with Crippen LogP contribution in [0, 0.1) is 11.8 Å². The van der Waals surface area contributed by atoms with Crippen molar-refractivity contribution >= 4 is 28.0 Å². The highest BCUT2D eigenvalue weighted by Gasteiger charge is 2.79. The Hall–Kier alpha value is -2.24. The Bertz CT molecular complexity index is 1020. The molecule has 0 aliphatic heterocycles. The third-order valence-corrected chi connectivity index (χ3v) is 7.22. The van der Waals surface area contributed by atoms with E-state index in [4.69, 9.17) is 9.66 Å². The van der Waals surface area contributed by atoms with Crippen LogP contribution in [0.15, 0.2) is 0 Å². The van der Waals surface area contributed by atoms with E-state index in [1.807, 2.05) is 0 Å². The summed E-state index contributed by atoms with van der Waals surface area (Å²) in [6.07, 6.45) is 0.673. The number of alkyl halides is 8. The number of hydrogen-bond acceptors (Lipinski definition) is 7. The Kier molecular flexibility index (Phi) is 8.49. The van der Waals surface area contributed by atoms with Crippen molar-refractivity contribution in [3.8, 4) is 0 Å². The first-order valence-electron chi connectivity index (χ1n) is 10.7. The largest absolute Gasteiger partial charge is 0.477 e. The minimum atomic E-state index is -6.62. The molecule has 0 amide bonds. The van der Waals surface area contributed by atoms with Crippen LogP contribution >= 0.6 is 0 Å². The fourth-order valence-electron chi connectivity index (χ4n) is 4.71. The number of hydrogen-bond donors (Lipinski definition) is 2. The lowest BCUT2D eigenvalue weighted by Gasteiger charge is -2.48. The van der Waals surface area contributed by atoms with Gasteiger partial charge in [-0.1, -0.05) is 6.42 Å². The van der Waals surface area contributed by atoms with Crippen molar-refractivity contribution in [1.82, 2.24) is 0 Å². The first kappa shape index (κ1) is 31.0. The van der Waals surface area contributed by atoms with Gasteiger partial charge in [0.15, 0.2) is 0 Å². The van der Waals surface area contributed by atoms with Gasteiger partial charge in [-0.15, -0.1) is 0 Å². The van der Waals surface area contributed by atoms with Crippen LogP contribution in [0.1, 0.15) is 51.4 Å². The van der Waals surface area contributed by atoms with E-state index in [-0.39, 0.29) is 38.0 Å². The highest BCUT2D eigenvalue weighted by atomic mass is 32.2. The third-order valence-electron chi connectivity index (χ3n) is 6.41. The van der Waals surface area contributed by atoms with Crippen molar-refractivity contribution in [2.45, 2.75) is 80.0 Å². The highest BCUT2D eigenvalue weighted by Crippen LogP contribution is 2.51.